The first-order valence-electron chi connectivity index (χ1n) is 5.93. The Morgan fingerprint density at radius 1 is 1.41 bits per heavy atom. The summed E-state index contributed by atoms with van der Waals surface area (Å²) in [6.07, 6.45) is 1.17. The highest BCUT2D eigenvalue weighted by atomic mass is 32.2. The quantitative estimate of drug-likeness (QED) is 0.580. The van der Waals surface area contributed by atoms with Gasteiger partial charge in [-0.2, -0.15) is 11.8 Å². The molecule has 17 heavy (non-hydrogen) atoms. The molecule has 2 unspecified atom stereocenters. The molecule has 0 aliphatic rings. The summed E-state index contributed by atoms with van der Waals surface area (Å²) in [7, 11) is 1.69. The molecular formula is C13H22N2OS. The number of thioether (sulfide) groups is 1. The minimum absolute atomic E-state index is 0.130. The van der Waals surface area contributed by atoms with Gasteiger partial charge in [-0.05, 0) is 12.5 Å². The molecule has 0 saturated carbocycles. The van der Waals surface area contributed by atoms with Crippen LogP contribution in [-0.4, -0.2) is 18.1 Å². The lowest BCUT2D eigenvalue weighted by Gasteiger charge is -2.20. The predicted octanol–water partition coefficient (Wildman–Crippen LogP) is 2.73. The molecule has 0 aliphatic carbocycles. The van der Waals surface area contributed by atoms with Crippen LogP contribution >= 0.6 is 11.8 Å². The lowest BCUT2D eigenvalue weighted by atomic mass is 10.1. The molecule has 1 aromatic rings. The van der Waals surface area contributed by atoms with Crippen molar-refractivity contribution in [3.05, 3.63) is 29.8 Å². The second kappa shape index (κ2) is 7.58. The highest BCUT2D eigenvalue weighted by Crippen LogP contribution is 2.28. The lowest BCUT2D eigenvalue weighted by Crippen LogP contribution is -2.30. The Labute approximate surface area is 108 Å². The van der Waals surface area contributed by atoms with Crippen LogP contribution in [-0.2, 0) is 0 Å². The first-order chi connectivity index (χ1) is 8.22. The number of nitrogens with two attached hydrogens (primary N) is 1. The van der Waals surface area contributed by atoms with E-state index in [-0.39, 0.29) is 6.04 Å². The van der Waals surface area contributed by atoms with Gasteiger partial charge in [0.25, 0.3) is 0 Å². The molecule has 3 nitrogen and oxygen atoms in total. The van der Waals surface area contributed by atoms with Crippen molar-refractivity contribution in [3.63, 3.8) is 0 Å². The normalized spacial score (nSPS) is 14.4. The number of hydrogen-bond acceptors (Lipinski definition) is 4. The summed E-state index contributed by atoms with van der Waals surface area (Å²) < 4.78 is 5.36. The molecule has 0 fully saturated rings. The molecule has 1 rings (SSSR count). The van der Waals surface area contributed by atoms with Crippen LogP contribution in [0.5, 0.6) is 5.75 Å². The van der Waals surface area contributed by atoms with E-state index in [0.29, 0.717) is 5.25 Å². The monoisotopic (exact) mass is 254 g/mol. The van der Waals surface area contributed by atoms with Crippen molar-refractivity contribution in [3.8, 4) is 5.75 Å². The molecule has 0 aliphatic heterocycles. The Hall–Kier alpha value is -0.710. The van der Waals surface area contributed by atoms with Crippen molar-refractivity contribution in [2.45, 2.75) is 31.6 Å². The van der Waals surface area contributed by atoms with Crippen molar-refractivity contribution in [1.29, 1.82) is 0 Å². The first-order valence-corrected chi connectivity index (χ1v) is 6.98. The predicted molar refractivity (Wildman–Crippen MR) is 75.3 cm³/mol. The number of hydrazine groups is 1. The zero-order valence-electron chi connectivity index (χ0n) is 10.8. The SMILES string of the molecule is CCC(C)SCC(NN)c1ccccc1OC. The van der Waals surface area contributed by atoms with Crippen LogP contribution in [0.15, 0.2) is 24.3 Å². The van der Waals surface area contributed by atoms with Gasteiger partial charge in [0, 0.05) is 16.6 Å². The Morgan fingerprint density at radius 2 is 2.12 bits per heavy atom. The summed E-state index contributed by atoms with van der Waals surface area (Å²) >= 11 is 1.93. The van der Waals surface area contributed by atoms with Gasteiger partial charge in [-0.15, -0.1) is 0 Å². The Kier molecular flexibility index (Phi) is 6.40. The summed E-state index contributed by atoms with van der Waals surface area (Å²) in [6.45, 7) is 4.44. The smallest absolute Gasteiger partial charge is 0.123 e. The average molecular weight is 254 g/mol. The van der Waals surface area contributed by atoms with Gasteiger partial charge < -0.3 is 4.74 Å². The second-order valence-corrected chi connectivity index (χ2v) is 5.48. The first kappa shape index (κ1) is 14.4. The molecule has 3 N–H and O–H groups in total. The maximum atomic E-state index is 5.64. The average Bonchev–Trinajstić information content (AvgIpc) is 2.39. The lowest BCUT2D eigenvalue weighted by molar-refractivity contribution is 0.403. The van der Waals surface area contributed by atoms with Crippen LogP contribution < -0.4 is 16.0 Å². The maximum absolute atomic E-state index is 5.64. The molecule has 0 bridgehead atoms. The van der Waals surface area contributed by atoms with Gasteiger partial charge in [-0.25, -0.2) is 0 Å². The van der Waals surface area contributed by atoms with Gasteiger partial charge >= 0.3 is 0 Å². The molecule has 96 valence electrons. The van der Waals surface area contributed by atoms with E-state index >= 15 is 0 Å². The van der Waals surface area contributed by atoms with Crippen molar-refractivity contribution in [2.75, 3.05) is 12.9 Å². The fraction of sp³-hybridized carbons (Fsp3) is 0.538. The third-order valence-corrected chi connectivity index (χ3v) is 4.27. The Bertz CT molecular complexity index is 333. The Morgan fingerprint density at radius 3 is 2.71 bits per heavy atom. The van der Waals surface area contributed by atoms with Crippen LogP contribution in [0.2, 0.25) is 0 Å². The highest BCUT2D eigenvalue weighted by molar-refractivity contribution is 7.99. The standard InChI is InChI=1S/C13H22N2OS/c1-4-10(2)17-9-12(15-14)11-7-5-6-8-13(11)16-3/h5-8,10,12,15H,4,9,14H2,1-3H3. The third kappa shape index (κ3) is 4.22. The fourth-order valence-electron chi connectivity index (χ4n) is 1.56. The van der Waals surface area contributed by atoms with Crippen LogP contribution in [0, 0.1) is 0 Å². The number of methoxy groups -OCH3 is 1. The topological polar surface area (TPSA) is 47.3 Å². The summed E-state index contributed by atoms with van der Waals surface area (Å²) in [5.41, 5.74) is 3.99. The molecule has 2 atom stereocenters. The van der Waals surface area contributed by atoms with E-state index in [1.165, 1.54) is 6.42 Å². The summed E-state index contributed by atoms with van der Waals surface area (Å²) in [5.74, 6) is 7.48. The third-order valence-electron chi connectivity index (χ3n) is 2.84. The molecule has 1 aromatic carbocycles. The molecule has 0 aromatic heterocycles. The zero-order chi connectivity index (χ0) is 12.7. The van der Waals surface area contributed by atoms with Gasteiger partial charge in [0.15, 0.2) is 0 Å². The maximum Gasteiger partial charge on any atom is 0.123 e. The van der Waals surface area contributed by atoms with Crippen LogP contribution in [0.4, 0.5) is 0 Å². The molecule has 0 spiro atoms. The van der Waals surface area contributed by atoms with E-state index < -0.39 is 0 Å². The number of ether oxygens (including phenoxy) is 1. The van der Waals surface area contributed by atoms with Crippen molar-refractivity contribution < 1.29 is 4.74 Å². The molecular weight excluding hydrogens is 232 g/mol. The van der Waals surface area contributed by atoms with E-state index in [1.807, 2.05) is 30.0 Å². The molecule has 0 radical (unpaired) electrons. The van der Waals surface area contributed by atoms with Crippen LogP contribution in [0.3, 0.4) is 0 Å². The number of rotatable bonds is 7. The summed E-state index contributed by atoms with van der Waals surface area (Å²) in [4.78, 5) is 0. The summed E-state index contributed by atoms with van der Waals surface area (Å²) in [6, 6.07) is 8.13. The molecule has 0 heterocycles. The number of benzene rings is 1. The minimum atomic E-state index is 0.130. The number of para-hydroxylation sites is 1. The van der Waals surface area contributed by atoms with Gasteiger partial charge in [0.05, 0.1) is 13.2 Å². The molecule has 4 heteroatoms. The zero-order valence-corrected chi connectivity index (χ0v) is 11.6. The number of nitrogens with one attached hydrogen (secondary N) is 1. The Balaban J connectivity index is 2.72. The minimum Gasteiger partial charge on any atom is -0.496 e. The summed E-state index contributed by atoms with van der Waals surface area (Å²) in [5, 5.41) is 0.653. The van der Waals surface area contributed by atoms with Crippen molar-refractivity contribution in [1.82, 2.24) is 5.43 Å². The van der Waals surface area contributed by atoms with Gasteiger partial charge in [0.2, 0.25) is 0 Å². The van der Waals surface area contributed by atoms with Crippen LogP contribution in [0.1, 0.15) is 31.9 Å². The van der Waals surface area contributed by atoms with Gasteiger partial charge in [-0.1, -0.05) is 32.0 Å². The fourth-order valence-corrected chi connectivity index (χ4v) is 2.59. The van der Waals surface area contributed by atoms with Gasteiger partial charge in [0.1, 0.15) is 5.75 Å². The largest absolute Gasteiger partial charge is 0.496 e. The van der Waals surface area contributed by atoms with Crippen molar-refractivity contribution in [2.24, 2.45) is 5.84 Å². The van der Waals surface area contributed by atoms with Gasteiger partial charge in [-0.3, -0.25) is 11.3 Å². The number of hydrogen-bond donors (Lipinski definition) is 2. The van der Waals surface area contributed by atoms with E-state index in [4.69, 9.17) is 10.6 Å². The molecule has 0 amide bonds. The second-order valence-electron chi connectivity index (χ2n) is 4.01. The van der Waals surface area contributed by atoms with Crippen molar-refractivity contribution >= 4 is 11.8 Å². The van der Waals surface area contributed by atoms with E-state index in [2.05, 4.69) is 25.3 Å². The van der Waals surface area contributed by atoms with E-state index in [1.54, 1.807) is 7.11 Å². The molecule has 0 saturated heterocycles. The van der Waals surface area contributed by atoms with E-state index in [9.17, 15) is 0 Å². The van der Waals surface area contributed by atoms with E-state index in [0.717, 1.165) is 17.1 Å². The van der Waals surface area contributed by atoms with Crippen LogP contribution in [0.25, 0.3) is 0 Å². The highest BCUT2D eigenvalue weighted by Gasteiger charge is 2.15.